The number of thiophene rings is 3. The van der Waals surface area contributed by atoms with E-state index in [4.69, 9.17) is 0 Å². The predicted molar refractivity (Wildman–Crippen MR) is 112 cm³/mol. The Morgan fingerprint density at radius 3 is 1.52 bits per heavy atom. The van der Waals surface area contributed by atoms with E-state index in [2.05, 4.69) is 29.7 Å². The number of nitrogens with one attached hydrogen (secondary N) is 2. The Balaban J connectivity index is 1.61. The second kappa shape index (κ2) is 6.02. The molecule has 0 aliphatic carbocycles. The van der Waals surface area contributed by atoms with Crippen LogP contribution in [0.25, 0.3) is 21.1 Å². The maximum atomic E-state index is 12.7. The average molecular weight is 411 g/mol. The number of fused-ring (bicyclic) bond motifs is 1. The van der Waals surface area contributed by atoms with E-state index in [9.17, 15) is 9.59 Å². The van der Waals surface area contributed by atoms with Crippen LogP contribution in [0.2, 0.25) is 0 Å². The number of carbonyl (C=O) groups is 2. The van der Waals surface area contributed by atoms with Crippen LogP contribution in [0.3, 0.4) is 0 Å². The summed E-state index contributed by atoms with van der Waals surface area (Å²) in [6.45, 7) is 4.09. The highest BCUT2D eigenvalue weighted by atomic mass is 32.1. The highest BCUT2D eigenvalue weighted by Gasteiger charge is 2.41. The van der Waals surface area contributed by atoms with E-state index >= 15 is 0 Å². The van der Waals surface area contributed by atoms with Crippen molar-refractivity contribution < 1.29 is 9.59 Å². The van der Waals surface area contributed by atoms with Crippen molar-refractivity contribution >= 4 is 57.2 Å². The lowest BCUT2D eigenvalue weighted by atomic mass is 10.1. The zero-order chi connectivity index (χ0) is 18.7. The van der Waals surface area contributed by atoms with Crippen LogP contribution < -0.4 is 10.6 Å². The lowest BCUT2D eigenvalue weighted by molar-refractivity contribution is -0.117. The smallest absolute Gasteiger partial charge is 0.258 e. The third-order valence-corrected chi connectivity index (χ3v) is 7.82. The van der Waals surface area contributed by atoms with Gasteiger partial charge in [0.25, 0.3) is 11.8 Å². The van der Waals surface area contributed by atoms with Crippen molar-refractivity contribution in [3.63, 3.8) is 0 Å². The molecule has 0 radical (unpaired) electrons. The van der Waals surface area contributed by atoms with Gasteiger partial charge in [0.2, 0.25) is 0 Å². The van der Waals surface area contributed by atoms with Crippen molar-refractivity contribution in [2.45, 2.75) is 13.8 Å². The molecule has 2 N–H and O–H groups in total. The van der Waals surface area contributed by atoms with E-state index in [1.54, 1.807) is 34.0 Å². The van der Waals surface area contributed by atoms with Gasteiger partial charge in [0.1, 0.15) is 0 Å². The Kier molecular flexibility index (Phi) is 3.72. The molecule has 5 rings (SSSR count). The molecular formula is C20H14N2O2S3. The van der Waals surface area contributed by atoms with Gasteiger partial charge in [-0.15, -0.1) is 34.0 Å². The number of hydrogen-bond acceptors (Lipinski definition) is 5. The van der Waals surface area contributed by atoms with Gasteiger partial charge in [0.05, 0.1) is 32.3 Å². The fourth-order valence-electron chi connectivity index (χ4n) is 3.29. The van der Waals surface area contributed by atoms with E-state index in [1.165, 1.54) is 9.75 Å². The van der Waals surface area contributed by atoms with Crippen LogP contribution in [0.15, 0.2) is 47.5 Å². The van der Waals surface area contributed by atoms with Gasteiger partial charge in [-0.1, -0.05) is 0 Å². The van der Waals surface area contributed by atoms with Crippen LogP contribution in [-0.2, 0) is 9.59 Å². The zero-order valence-electron chi connectivity index (χ0n) is 14.5. The molecule has 2 aliphatic rings. The van der Waals surface area contributed by atoms with E-state index < -0.39 is 0 Å². The molecule has 2 amide bonds. The number of hydrogen-bond donors (Lipinski definition) is 2. The van der Waals surface area contributed by atoms with Crippen LogP contribution in [-0.4, -0.2) is 11.8 Å². The molecular weight excluding hydrogens is 396 g/mol. The Labute approximate surface area is 167 Å². The number of rotatable bonds is 3. The first-order chi connectivity index (χ1) is 13.0. The van der Waals surface area contributed by atoms with Gasteiger partial charge in [-0.05, 0) is 50.2 Å². The summed E-state index contributed by atoms with van der Waals surface area (Å²) in [5.74, 6) is -0.442. The molecule has 4 nitrogen and oxygen atoms in total. The molecule has 2 aliphatic heterocycles. The van der Waals surface area contributed by atoms with E-state index in [-0.39, 0.29) is 11.8 Å². The van der Waals surface area contributed by atoms with Gasteiger partial charge in [0.15, 0.2) is 0 Å². The Bertz CT molecular complexity index is 1190. The molecule has 0 unspecified atom stereocenters. The van der Waals surface area contributed by atoms with E-state index in [0.717, 1.165) is 19.5 Å². The predicted octanol–water partition coefficient (Wildman–Crippen LogP) is 4.54. The summed E-state index contributed by atoms with van der Waals surface area (Å²) in [7, 11) is 0. The quantitative estimate of drug-likeness (QED) is 0.666. The molecule has 0 aromatic carbocycles. The molecule has 0 saturated heterocycles. The third kappa shape index (κ3) is 2.62. The minimum absolute atomic E-state index is 0.221. The average Bonchev–Trinajstić information content (AvgIpc) is 3.40. The fraction of sp³-hybridized carbons (Fsp3) is 0.100. The summed E-state index contributed by atoms with van der Waals surface area (Å²) < 4.78 is 0. The highest BCUT2D eigenvalue weighted by Crippen LogP contribution is 2.42. The van der Waals surface area contributed by atoms with E-state index in [1.807, 2.05) is 31.2 Å². The molecule has 3 aromatic heterocycles. The summed E-state index contributed by atoms with van der Waals surface area (Å²) in [6.07, 6.45) is 0. The lowest BCUT2D eigenvalue weighted by Gasteiger charge is -2.04. The van der Waals surface area contributed by atoms with Gasteiger partial charge in [0, 0.05) is 19.5 Å². The lowest BCUT2D eigenvalue weighted by Crippen LogP contribution is -2.20. The number of carbonyl (C=O) groups excluding carboxylic acids is 2. The Morgan fingerprint density at radius 2 is 1.00 bits per heavy atom. The maximum absolute atomic E-state index is 12.7. The van der Waals surface area contributed by atoms with Gasteiger partial charge in [-0.3, -0.25) is 9.59 Å². The van der Waals surface area contributed by atoms with Crippen molar-refractivity contribution in [2.24, 2.45) is 0 Å². The first-order valence-corrected chi connectivity index (χ1v) is 10.8. The molecule has 0 atom stereocenters. The summed E-state index contributed by atoms with van der Waals surface area (Å²) in [5.41, 5.74) is 2.14. The van der Waals surface area contributed by atoms with Crippen LogP contribution in [0.5, 0.6) is 0 Å². The molecule has 0 spiro atoms. The van der Waals surface area contributed by atoms with Crippen molar-refractivity contribution in [3.8, 4) is 9.75 Å². The first kappa shape index (κ1) is 16.7. The third-order valence-electron chi connectivity index (χ3n) is 4.50. The zero-order valence-corrected chi connectivity index (χ0v) is 17.0. The molecule has 134 valence electrons. The van der Waals surface area contributed by atoms with Gasteiger partial charge < -0.3 is 10.6 Å². The largest absolute Gasteiger partial charge is 0.320 e. The van der Waals surface area contributed by atoms with Crippen LogP contribution >= 0.6 is 34.0 Å². The minimum atomic E-state index is -0.221. The molecule has 5 heterocycles. The summed E-state index contributed by atoms with van der Waals surface area (Å²) in [5, 5.41) is 5.82. The van der Waals surface area contributed by atoms with Crippen LogP contribution in [0.1, 0.15) is 19.5 Å². The van der Waals surface area contributed by atoms with Crippen LogP contribution in [0, 0.1) is 13.8 Å². The molecule has 7 heteroatoms. The second-order valence-corrected chi connectivity index (χ2v) is 10.1. The first-order valence-electron chi connectivity index (χ1n) is 8.37. The van der Waals surface area contributed by atoms with E-state index in [0.29, 0.717) is 22.5 Å². The van der Waals surface area contributed by atoms with Crippen molar-refractivity contribution in [1.29, 1.82) is 0 Å². The Morgan fingerprint density at radius 1 is 0.593 bits per heavy atom. The molecule has 3 aromatic rings. The van der Waals surface area contributed by atoms with Crippen molar-refractivity contribution in [2.75, 3.05) is 0 Å². The summed E-state index contributed by atoms with van der Waals surface area (Å²) in [4.78, 5) is 31.9. The van der Waals surface area contributed by atoms with Crippen molar-refractivity contribution in [1.82, 2.24) is 10.6 Å². The van der Waals surface area contributed by atoms with Gasteiger partial charge in [-0.25, -0.2) is 0 Å². The molecule has 27 heavy (non-hydrogen) atoms. The maximum Gasteiger partial charge on any atom is 0.258 e. The topological polar surface area (TPSA) is 58.2 Å². The molecule has 0 fully saturated rings. The van der Waals surface area contributed by atoms with Gasteiger partial charge >= 0.3 is 0 Å². The van der Waals surface area contributed by atoms with Gasteiger partial charge in [-0.2, -0.15) is 0 Å². The van der Waals surface area contributed by atoms with Crippen LogP contribution in [0.4, 0.5) is 0 Å². The normalized spacial score (nSPS) is 16.2. The standard InChI is InChI=1S/C20H14N2O2S3/c1-9-3-5-11(25-9)12-7-8-14(27-12)18-16-15(19(23)22-18)17(21-20(16)24)13-6-4-10(2)26-13/h3-8H,1-2H3,(H,21,24)(H,22,23). The monoisotopic (exact) mass is 410 g/mol. The second-order valence-electron chi connectivity index (χ2n) is 6.39. The minimum Gasteiger partial charge on any atom is -0.320 e. The molecule has 0 saturated carbocycles. The highest BCUT2D eigenvalue weighted by molar-refractivity contribution is 7.22. The SMILES string of the molecule is Cc1ccc(C2=C3C(=O)NC(c4ccc(-c5ccc(C)s5)s4)=C3C(=O)N2)s1. The number of amides is 2. The fourth-order valence-corrected chi connectivity index (χ4v) is 6.14. The molecule has 0 bridgehead atoms. The summed E-state index contributed by atoms with van der Waals surface area (Å²) in [6, 6.07) is 12.2. The Hall–Kier alpha value is -2.48. The number of aryl methyl sites for hydroxylation is 2. The summed E-state index contributed by atoms with van der Waals surface area (Å²) >= 11 is 4.89. The van der Waals surface area contributed by atoms with Crippen molar-refractivity contribution in [3.05, 3.63) is 67.1 Å².